The SMILES string of the molecule is CCC(C)C1NC(=O)C(C)N(Cc2nccs2)C1=O. The summed E-state index contributed by atoms with van der Waals surface area (Å²) >= 11 is 1.50. The van der Waals surface area contributed by atoms with Gasteiger partial charge in [0.1, 0.15) is 17.1 Å². The van der Waals surface area contributed by atoms with Crippen molar-refractivity contribution in [3.63, 3.8) is 0 Å². The Morgan fingerprint density at radius 2 is 2.26 bits per heavy atom. The fourth-order valence-corrected chi connectivity index (χ4v) is 2.77. The van der Waals surface area contributed by atoms with E-state index in [-0.39, 0.29) is 17.7 Å². The van der Waals surface area contributed by atoms with Gasteiger partial charge >= 0.3 is 0 Å². The molecular weight excluding hydrogens is 262 g/mol. The van der Waals surface area contributed by atoms with E-state index in [9.17, 15) is 9.59 Å². The van der Waals surface area contributed by atoms with Crippen LogP contribution in [0.4, 0.5) is 0 Å². The number of carbonyl (C=O) groups excluding carboxylic acids is 2. The molecule has 1 N–H and O–H groups in total. The van der Waals surface area contributed by atoms with Crippen LogP contribution in [0.25, 0.3) is 0 Å². The Bertz CT molecular complexity index is 460. The number of nitrogens with one attached hydrogen (secondary N) is 1. The summed E-state index contributed by atoms with van der Waals surface area (Å²) in [6.07, 6.45) is 2.57. The van der Waals surface area contributed by atoms with Gasteiger partial charge in [-0.15, -0.1) is 11.3 Å². The van der Waals surface area contributed by atoms with Gasteiger partial charge in [-0.1, -0.05) is 20.3 Å². The molecule has 1 fully saturated rings. The molecule has 2 rings (SSSR count). The normalized spacial score (nSPS) is 25.3. The molecule has 1 aliphatic rings. The summed E-state index contributed by atoms with van der Waals surface area (Å²) in [4.78, 5) is 30.3. The highest BCUT2D eigenvalue weighted by atomic mass is 32.1. The summed E-state index contributed by atoms with van der Waals surface area (Å²) < 4.78 is 0. The number of amides is 2. The van der Waals surface area contributed by atoms with Gasteiger partial charge in [-0.3, -0.25) is 9.59 Å². The van der Waals surface area contributed by atoms with E-state index in [4.69, 9.17) is 0 Å². The quantitative estimate of drug-likeness (QED) is 0.907. The van der Waals surface area contributed by atoms with Crippen molar-refractivity contribution in [2.24, 2.45) is 5.92 Å². The predicted molar refractivity (Wildman–Crippen MR) is 73.5 cm³/mol. The Hall–Kier alpha value is -1.43. The van der Waals surface area contributed by atoms with Crippen molar-refractivity contribution in [2.45, 2.75) is 45.8 Å². The van der Waals surface area contributed by atoms with Gasteiger partial charge in [-0.2, -0.15) is 0 Å². The van der Waals surface area contributed by atoms with Gasteiger partial charge in [-0.25, -0.2) is 4.98 Å². The number of hydrogen-bond acceptors (Lipinski definition) is 4. The van der Waals surface area contributed by atoms with E-state index in [1.165, 1.54) is 11.3 Å². The van der Waals surface area contributed by atoms with Crippen LogP contribution in [-0.2, 0) is 16.1 Å². The largest absolute Gasteiger partial charge is 0.342 e. The second-order valence-electron chi connectivity index (χ2n) is 4.94. The van der Waals surface area contributed by atoms with Crippen LogP contribution >= 0.6 is 11.3 Å². The maximum atomic E-state index is 12.5. The monoisotopic (exact) mass is 281 g/mol. The molecule has 1 aliphatic heterocycles. The molecule has 104 valence electrons. The molecule has 0 aliphatic carbocycles. The van der Waals surface area contributed by atoms with E-state index in [0.717, 1.165) is 11.4 Å². The molecule has 1 aromatic heterocycles. The van der Waals surface area contributed by atoms with Crippen LogP contribution in [0.2, 0.25) is 0 Å². The molecule has 3 unspecified atom stereocenters. The third-order valence-electron chi connectivity index (χ3n) is 3.70. The first-order valence-electron chi connectivity index (χ1n) is 6.53. The fourth-order valence-electron chi connectivity index (χ4n) is 2.16. The molecule has 0 spiro atoms. The Kier molecular flexibility index (Phi) is 4.19. The van der Waals surface area contributed by atoms with Crippen LogP contribution in [-0.4, -0.2) is 33.8 Å². The zero-order valence-electron chi connectivity index (χ0n) is 11.4. The molecule has 0 aromatic carbocycles. The first-order chi connectivity index (χ1) is 9.04. The highest BCUT2D eigenvalue weighted by Crippen LogP contribution is 2.20. The number of rotatable bonds is 4. The maximum absolute atomic E-state index is 12.5. The summed E-state index contributed by atoms with van der Waals surface area (Å²) in [6.45, 7) is 6.18. The lowest BCUT2D eigenvalue weighted by molar-refractivity contribution is -0.150. The first-order valence-corrected chi connectivity index (χ1v) is 7.41. The highest BCUT2D eigenvalue weighted by molar-refractivity contribution is 7.09. The number of aromatic nitrogens is 1. The minimum atomic E-state index is -0.434. The predicted octanol–water partition coefficient (Wildman–Crippen LogP) is 1.40. The van der Waals surface area contributed by atoms with Gasteiger partial charge < -0.3 is 10.2 Å². The molecule has 3 atom stereocenters. The number of hydrogen-bond donors (Lipinski definition) is 1. The maximum Gasteiger partial charge on any atom is 0.246 e. The number of thiazole rings is 1. The molecule has 0 radical (unpaired) electrons. The lowest BCUT2D eigenvalue weighted by Crippen LogP contribution is -2.63. The van der Waals surface area contributed by atoms with Crippen molar-refractivity contribution in [3.8, 4) is 0 Å². The topological polar surface area (TPSA) is 62.3 Å². The van der Waals surface area contributed by atoms with Crippen LogP contribution in [0.1, 0.15) is 32.2 Å². The van der Waals surface area contributed by atoms with Gasteiger partial charge in [0.05, 0.1) is 6.54 Å². The van der Waals surface area contributed by atoms with Crippen molar-refractivity contribution in [2.75, 3.05) is 0 Å². The fraction of sp³-hybridized carbons (Fsp3) is 0.615. The lowest BCUT2D eigenvalue weighted by atomic mass is 9.94. The summed E-state index contributed by atoms with van der Waals surface area (Å²) in [5, 5.41) is 5.56. The van der Waals surface area contributed by atoms with Crippen molar-refractivity contribution < 1.29 is 9.59 Å². The smallest absolute Gasteiger partial charge is 0.246 e. The van der Waals surface area contributed by atoms with Crippen molar-refractivity contribution in [1.82, 2.24) is 15.2 Å². The number of carbonyl (C=O) groups is 2. The van der Waals surface area contributed by atoms with Crippen LogP contribution in [0.3, 0.4) is 0 Å². The van der Waals surface area contributed by atoms with Gasteiger partial charge in [-0.05, 0) is 12.8 Å². The van der Waals surface area contributed by atoms with Crippen molar-refractivity contribution >= 4 is 23.2 Å². The Balaban J connectivity index is 2.19. The van der Waals surface area contributed by atoms with E-state index in [1.807, 2.05) is 19.2 Å². The molecule has 2 heterocycles. The lowest BCUT2D eigenvalue weighted by Gasteiger charge is -2.39. The number of nitrogens with zero attached hydrogens (tertiary/aromatic N) is 2. The Morgan fingerprint density at radius 1 is 1.53 bits per heavy atom. The minimum absolute atomic E-state index is 0.00310. The summed E-state index contributed by atoms with van der Waals surface area (Å²) in [5.74, 6) is 0.0563. The number of piperazine rings is 1. The Morgan fingerprint density at radius 3 is 2.84 bits per heavy atom. The average Bonchev–Trinajstić information content (AvgIpc) is 2.91. The summed E-state index contributed by atoms with van der Waals surface area (Å²) in [6, 6.07) is -0.842. The average molecular weight is 281 g/mol. The van der Waals surface area contributed by atoms with E-state index < -0.39 is 12.1 Å². The second-order valence-corrected chi connectivity index (χ2v) is 5.92. The van der Waals surface area contributed by atoms with E-state index >= 15 is 0 Å². The van der Waals surface area contributed by atoms with Gasteiger partial charge in [0.15, 0.2) is 0 Å². The third-order valence-corrected chi connectivity index (χ3v) is 4.46. The molecule has 6 heteroatoms. The van der Waals surface area contributed by atoms with Crippen molar-refractivity contribution in [1.29, 1.82) is 0 Å². The molecular formula is C13H19N3O2S. The summed E-state index contributed by atoms with van der Waals surface area (Å²) in [5.41, 5.74) is 0. The van der Waals surface area contributed by atoms with Crippen molar-refractivity contribution in [3.05, 3.63) is 16.6 Å². The minimum Gasteiger partial charge on any atom is -0.342 e. The summed E-state index contributed by atoms with van der Waals surface area (Å²) in [7, 11) is 0. The van der Waals surface area contributed by atoms with Crippen LogP contribution in [0, 0.1) is 5.92 Å². The first kappa shape index (κ1) is 14.0. The molecule has 0 bridgehead atoms. The van der Waals surface area contributed by atoms with Gasteiger partial charge in [0.25, 0.3) is 0 Å². The van der Waals surface area contributed by atoms with E-state index in [2.05, 4.69) is 10.3 Å². The zero-order chi connectivity index (χ0) is 14.0. The van der Waals surface area contributed by atoms with E-state index in [0.29, 0.717) is 6.54 Å². The zero-order valence-corrected chi connectivity index (χ0v) is 12.2. The highest BCUT2D eigenvalue weighted by Gasteiger charge is 2.40. The molecule has 2 amide bonds. The van der Waals surface area contributed by atoms with Crippen LogP contribution < -0.4 is 5.32 Å². The van der Waals surface area contributed by atoms with Crippen LogP contribution in [0.15, 0.2) is 11.6 Å². The molecule has 19 heavy (non-hydrogen) atoms. The van der Waals surface area contributed by atoms with Crippen LogP contribution in [0.5, 0.6) is 0 Å². The second kappa shape index (κ2) is 5.69. The third kappa shape index (κ3) is 2.78. The molecule has 0 saturated carbocycles. The van der Waals surface area contributed by atoms with E-state index in [1.54, 1.807) is 18.0 Å². The van der Waals surface area contributed by atoms with Gasteiger partial charge in [0.2, 0.25) is 11.8 Å². The van der Waals surface area contributed by atoms with Gasteiger partial charge in [0, 0.05) is 11.6 Å². The molecule has 1 aromatic rings. The molecule has 5 nitrogen and oxygen atoms in total. The molecule has 1 saturated heterocycles. The Labute approximate surface area is 117 Å². The standard InChI is InChI=1S/C13H19N3O2S/c1-4-8(2)11-13(18)16(9(3)12(17)15-11)7-10-14-5-6-19-10/h5-6,8-9,11H,4,7H2,1-3H3,(H,15,17).